The smallest absolute Gasteiger partial charge is 0.323 e. The molecule has 1 fully saturated rings. The summed E-state index contributed by atoms with van der Waals surface area (Å²) in [7, 11) is 1.35. The second-order valence-electron chi connectivity index (χ2n) is 6.44. The molecule has 1 aliphatic heterocycles. The zero-order chi connectivity index (χ0) is 19.2. The van der Waals surface area contributed by atoms with E-state index in [2.05, 4.69) is 5.32 Å². The molecule has 3 rings (SSSR count). The van der Waals surface area contributed by atoms with Crippen LogP contribution >= 0.6 is 0 Å². The zero-order valence-electron chi connectivity index (χ0n) is 15.2. The van der Waals surface area contributed by atoms with Gasteiger partial charge in [0.2, 0.25) is 5.91 Å². The van der Waals surface area contributed by atoms with Crippen molar-refractivity contribution in [2.45, 2.75) is 18.9 Å². The monoisotopic (exact) mass is 366 g/mol. The molecule has 1 aliphatic rings. The quantitative estimate of drug-likeness (QED) is 0.628. The highest BCUT2D eigenvalue weighted by atomic mass is 16.5. The van der Waals surface area contributed by atoms with E-state index in [1.54, 1.807) is 48.5 Å². The number of benzene rings is 2. The van der Waals surface area contributed by atoms with Gasteiger partial charge in [0.05, 0.1) is 19.3 Å². The van der Waals surface area contributed by atoms with E-state index in [0.29, 0.717) is 29.8 Å². The molecule has 0 aliphatic carbocycles. The Balaban J connectivity index is 1.72. The Labute approximate surface area is 158 Å². The van der Waals surface area contributed by atoms with E-state index in [1.165, 1.54) is 7.11 Å². The average Bonchev–Trinajstić information content (AvgIpc) is 3.16. The van der Waals surface area contributed by atoms with Crippen molar-refractivity contribution in [2.75, 3.05) is 25.5 Å². The first-order valence-electron chi connectivity index (χ1n) is 8.90. The van der Waals surface area contributed by atoms with Crippen molar-refractivity contribution in [3.8, 4) is 0 Å². The summed E-state index contributed by atoms with van der Waals surface area (Å²) < 4.78 is 4.81. The maximum absolute atomic E-state index is 12.8. The summed E-state index contributed by atoms with van der Waals surface area (Å²) in [5.41, 5.74) is 1.46. The van der Waals surface area contributed by atoms with Gasteiger partial charge in [-0.25, -0.2) is 0 Å². The van der Waals surface area contributed by atoms with Gasteiger partial charge in [-0.05, 0) is 31.5 Å². The van der Waals surface area contributed by atoms with E-state index in [1.807, 2.05) is 11.0 Å². The van der Waals surface area contributed by atoms with Gasteiger partial charge < -0.3 is 10.1 Å². The molecule has 1 saturated heterocycles. The van der Waals surface area contributed by atoms with Crippen molar-refractivity contribution in [1.29, 1.82) is 0 Å². The molecule has 0 radical (unpaired) electrons. The number of nitrogens with one attached hydrogen (secondary N) is 1. The highest BCUT2D eigenvalue weighted by Gasteiger charge is 2.32. The van der Waals surface area contributed by atoms with Crippen molar-refractivity contribution in [1.82, 2.24) is 4.90 Å². The van der Waals surface area contributed by atoms with Crippen molar-refractivity contribution in [2.24, 2.45) is 0 Å². The summed E-state index contributed by atoms with van der Waals surface area (Å²) in [5, 5.41) is 2.81. The SMILES string of the molecule is COC(=O)C1CCCN1CC(=O)Nc1ccccc1C(=O)c1ccccc1. The van der Waals surface area contributed by atoms with Crippen molar-refractivity contribution >= 4 is 23.3 Å². The normalized spacial score (nSPS) is 16.7. The van der Waals surface area contributed by atoms with Crippen LogP contribution in [0.5, 0.6) is 0 Å². The molecule has 1 atom stereocenters. The van der Waals surface area contributed by atoms with Gasteiger partial charge in [-0.1, -0.05) is 42.5 Å². The fourth-order valence-corrected chi connectivity index (χ4v) is 3.33. The van der Waals surface area contributed by atoms with Crippen molar-refractivity contribution in [3.05, 3.63) is 65.7 Å². The van der Waals surface area contributed by atoms with Crippen LogP contribution in [0.25, 0.3) is 0 Å². The third kappa shape index (κ3) is 4.41. The number of ether oxygens (including phenoxy) is 1. The highest BCUT2D eigenvalue weighted by molar-refractivity contribution is 6.13. The third-order valence-electron chi connectivity index (χ3n) is 4.67. The number of amides is 1. The van der Waals surface area contributed by atoms with Crippen molar-refractivity contribution < 1.29 is 19.1 Å². The lowest BCUT2D eigenvalue weighted by atomic mass is 10.0. The fourth-order valence-electron chi connectivity index (χ4n) is 3.33. The van der Waals surface area contributed by atoms with E-state index in [0.717, 1.165) is 6.42 Å². The van der Waals surface area contributed by atoms with Gasteiger partial charge in [-0.2, -0.15) is 0 Å². The minimum absolute atomic E-state index is 0.0770. The second kappa shape index (κ2) is 8.60. The van der Waals surface area contributed by atoms with Crippen LogP contribution in [-0.4, -0.2) is 48.8 Å². The number of carbonyl (C=O) groups excluding carboxylic acids is 3. The van der Waals surface area contributed by atoms with Gasteiger partial charge >= 0.3 is 5.97 Å². The Morgan fingerprint density at radius 1 is 1.07 bits per heavy atom. The van der Waals surface area contributed by atoms with Gasteiger partial charge in [0.1, 0.15) is 6.04 Å². The molecule has 0 bridgehead atoms. The molecule has 2 aromatic carbocycles. The number of methoxy groups -OCH3 is 1. The Bertz CT molecular complexity index is 835. The largest absolute Gasteiger partial charge is 0.468 e. The first kappa shape index (κ1) is 18.8. The fraction of sp³-hybridized carbons (Fsp3) is 0.286. The summed E-state index contributed by atoms with van der Waals surface area (Å²) in [6.07, 6.45) is 1.53. The lowest BCUT2D eigenvalue weighted by Crippen LogP contribution is -2.41. The number of ketones is 1. The molecule has 6 heteroatoms. The minimum atomic E-state index is -0.387. The van der Waals surface area contributed by atoms with Gasteiger partial charge in [-0.3, -0.25) is 19.3 Å². The van der Waals surface area contributed by atoms with Crippen LogP contribution in [0.3, 0.4) is 0 Å². The van der Waals surface area contributed by atoms with E-state index < -0.39 is 0 Å². The van der Waals surface area contributed by atoms with Crippen LogP contribution in [0.1, 0.15) is 28.8 Å². The Morgan fingerprint density at radius 3 is 2.52 bits per heavy atom. The van der Waals surface area contributed by atoms with Crippen LogP contribution < -0.4 is 5.32 Å². The minimum Gasteiger partial charge on any atom is -0.468 e. The topological polar surface area (TPSA) is 75.7 Å². The van der Waals surface area contributed by atoms with Crippen LogP contribution in [0.4, 0.5) is 5.69 Å². The van der Waals surface area contributed by atoms with Crippen LogP contribution in [-0.2, 0) is 14.3 Å². The van der Waals surface area contributed by atoms with Gasteiger partial charge in [0, 0.05) is 11.1 Å². The Kier molecular flexibility index (Phi) is 5.98. The number of hydrogen-bond donors (Lipinski definition) is 1. The van der Waals surface area contributed by atoms with E-state index >= 15 is 0 Å². The molecule has 1 N–H and O–H groups in total. The lowest BCUT2D eigenvalue weighted by molar-refractivity contribution is -0.146. The number of anilines is 1. The van der Waals surface area contributed by atoms with Crippen LogP contribution in [0, 0.1) is 0 Å². The number of esters is 1. The van der Waals surface area contributed by atoms with Gasteiger partial charge in [0.25, 0.3) is 0 Å². The molecule has 0 saturated carbocycles. The van der Waals surface area contributed by atoms with Gasteiger partial charge in [0.15, 0.2) is 5.78 Å². The predicted molar refractivity (Wildman–Crippen MR) is 102 cm³/mol. The molecule has 0 spiro atoms. The number of nitrogens with zero attached hydrogens (tertiary/aromatic N) is 1. The summed E-state index contributed by atoms with van der Waals surface area (Å²) in [5.74, 6) is -0.737. The zero-order valence-corrected chi connectivity index (χ0v) is 15.2. The third-order valence-corrected chi connectivity index (χ3v) is 4.67. The summed E-state index contributed by atoms with van der Waals surface area (Å²) >= 11 is 0. The summed E-state index contributed by atoms with van der Waals surface area (Å²) in [6, 6.07) is 15.5. The standard InChI is InChI=1S/C21H22N2O4/c1-27-21(26)18-12-7-13-23(18)14-19(24)22-17-11-6-5-10-16(17)20(25)15-8-3-2-4-9-15/h2-6,8-11,18H,7,12-14H2,1H3,(H,22,24). The number of hydrogen-bond acceptors (Lipinski definition) is 5. The first-order valence-corrected chi connectivity index (χ1v) is 8.90. The maximum atomic E-state index is 12.8. The number of rotatable bonds is 6. The summed E-state index contributed by atoms with van der Waals surface area (Å²) in [6.45, 7) is 0.741. The summed E-state index contributed by atoms with van der Waals surface area (Å²) in [4.78, 5) is 38.9. The molecular weight excluding hydrogens is 344 g/mol. The molecule has 0 aromatic heterocycles. The molecule has 2 aromatic rings. The van der Waals surface area contributed by atoms with E-state index in [-0.39, 0.29) is 30.2 Å². The molecule has 1 amide bonds. The highest BCUT2D eigenvalue weighted by Crippen LogP contribution is 2.21. The van der Waals surface area contributed by atoms with Crippen LogP contribution in [0.2, 0.25) is 0 Å². The lowest BCUT2D eigenvalue weighted by Gasteiger charge is -2.21. The van der Waals surface area contributed by atoms with Crippen LogP contribution in [0.15, 0.2) is 54.6 Å². The Hall–Kier alpha value is -2.99. The van der Waals surface area contributed by atoms with Gasteiger partial charge in [-0.15, -0.1) is 0 Å². The second-order valence-corrected chi connectivity index (χ2v) is 6.44. The number of likely N-dealkylation sites (tertiary alicyclic amines) is 1. The van der Waals surface area contributed by atoms with Crippen molar-refractivity contribution in [3.63, 3.8) is 0 Å². The first-order chi connectivity index (χ1) is 13.1. The molecule has 27 heavy (non-hydrogen) atoms. The molecular formula is C21H22N2O4. The molecule has 140 valence electrons. The average molecular weight is 366 g/mol. The Morgan fingerprint density at radius 2 is 1.78 bits per heavy atom. The van der Waals surface area contributed by atoms with E-state index in [9.17, 15) is 14.4 Å². The molecule has 1 heterocycles. The maximum Gasteiger partial charge on any atom is 0.323 e. The van der Waals surface area contributed by atoms with E-state index in [4.69, 9.17) is 4.74 Å². The number of para-hydroxylation sites is 1. The number of carbonyl (C=O) groups is 3. The predicted octanol–water partition coefficient (Wildman–Crippen LogP) is 2.49. The molecule has 6 nitrogen and oxygen atoms in total. The molecule has 1 unspecified atom stereocenters.